The van der Waals surface area contributed by atoms with Crippen molar-refractivity contribution in [2.24, 2.45) is 0 Å². The van der Waals surface area contributed by atoms with Crippen LogP contribution in [0.3, 0.4) is 0 Å². The Kier molecular flexibility index (Phi) is 5.87. The van der Waals surface area contributed by atoms with E-state index in [1.807, 2.05) is 62.4 Å². The third kappa shape index (κ3) is 3.67. The van der Waals surface area contributed by atoms with Gasteiger partial charge in [0, 0.05) is 6.54 Å². The molecule has 0 saturated carbocycles. The summed E-state index contributed by atoms with van der Waals surface area (Å²) in [5.41, 5.74) is 0.660. The Hall–Kier alpha value is -3.02. The fourth-order valence-corrected chi connectivity index (χ4v) is 3.54. The van der Waals surface area contributed by atoms with Crippen molar-refractivity contribution in [1.29, 1.82) is 0 Å². The Morgan fingerprint density at radius 3 is 2.50 bits per heavy atom. The highest BCUT2D eigenvalue weighted by atomic mass is 16.5. The molecule has 0 radical (unpaired) electrons. The third-order valence-corrected chi connectivity index (χ3v) is 5.13. The zero-order valence-electron chi connectivity index (χ0n) is 16.5. The van der Waals surface area contributed by atoms with Crippen LogP contribution in [-0.2, 0) is 10.3 Å². The summed E-state index contributed by atoms with van der Waals surface area (Å²) in [6.07, 6.45) is 1.04. The van der Waals surface area contributed by atoms with E-state index in [4.69, 9.17) is 9.47 Å². The summed E-state index contributed by atoms with van der Waals surface area (Å²) in [6.45, 7) is 4.57. The van der Waals surface area contributed by atoms with Crippen LogP contribution in [0.15, 0.2) is 48.5 Å². The molecule has 1 aliphatic rings. The number of ether oxygens (including phenoxy) is 2. The van der Waals surface area contributed by atoms with Gasteiger partial charge in [0.25, 0.3) is 5.91 Å². The molecular weight excluding hydrogens is 356 g/mol. The molecule has 1 heterocycles. The topological polar surface area (TPSA) is 67.9 Å². The Morgan fingerprint density at radius 1 is 1.11 bits per heavy atom. The molecule has 1 N–H and O–H groups in total. The number of imide groups is 1. The number of carbonyl (C=O) groups is 2. The fourth-order valence-electron chi connectivity index (χ4n) is 3.54. The van der Waals surface area contributed by atoms with E-state index in [-0.39, 0.29) is 11.9 Å². The molecule has 6 heteroatoms. The van der Waals surface area contributed by atoms with Gasteiger partial charge in [0.05, 0.1) is 13.7 Å². The number of hydrogen-bond acceptors (Lipinski definition) is 4. The molecular formula is C22H26N2O4. The van der Waals surface area contributed by atoms with Gasteiger partial charge in [-0.1, -0.05) is 31.2 Å². The van der Waals surface area contributed by atoms with Crippen molar-refractivity contribution in [3.8, 4) is 11.5 Å². The van der Waals surface area contributed by atoms with Gasteiger partial charge in [-0.2, -0.15) is 0 Å². The van der Waals surface area contributed by atoms with Gasteiger partial charge in [0.1, 0.15) is 17.0 Å². The van der Waals surface area contributed by atoms with Gasteiger partial charge in [-0.25, -0.2) is 4.79 Å². The van der Waals surface area contributed by atoms with Crippen LogP contribution < -0.4 is 14.8 Å². The lowest BCUT2D eigenvalue weighted by Crippen LogP contribution is -2.43. The number of nitrogens with zero attached hydrogens (tertiary/aromatic N) is 1. The lowest BCUT2D eigenvalue weighted by molar-refractivity contribution is -0.131. The summed E-state index contributed by atoms with van der Waals surface area (Å²) in [5.74, 6) is 1.31. The summed E-state index contributed by atoms with van der Waals surface area (Å²) < 4.78 is 11.0. The molecule has 1 aliphatic heterocycles. The van der Waals surface area contributed by atoms with Crippen LogP contribution in [0.2, 0.25) is 0 Å². The van der Waals surface area contributed by atoms with Crippen LogP contribution in [0.5, 0.6) is 11.5 Å². The van der Waals surface area contributed by atoms with Gasteiger partial charge in [0.15, 0.2) is 0 Å². The average Bonchev–Trinajstić information content (AvgIpc) is 2.96. The van der Waals surface area contributed by atoms with Crippen LogP contribution in [0.1, 0.15) is 30.9 Å². The largest absolute Gasteiger partial charge is 0.496 e. The maximum absolute atomic E-state index is 13.2. The second-order valence-electron chi connectivity index (χ2n) is 6.85. The Balaban J connectivity index is 1.69. The van der Waals surface area contributed by atoms with Crippen molar-refractivity contribution in [1.82, 2.24) is 10.2 Å². The van der Waals surface area contributed by atoms with E-state index >= 15 is 0 Å². The second kappa shape index (κ2) is 8.33. The zero-order valence-corrected chi connectivity index (χ0v) is 16.5. The molecule has 2 aromatic carbocycles. The van der Waals surface area contributed by atoms with Gasteiger partial charge in [-0.05, 0) is 55.2 Å². The van der Waals surface area contributed by atoms with Crippen molar-refractivity contribution >= 4 is 11.9 Å². The van der Waals surface area contributed by atoms with Crippen molar-refractivity contribution in [2.45, 2.75) is 32.2 Å². The molecule has 2 aromatic rings. The molecule has 1 saturated heterocycles. The van der Waals surface area contributed by atoms with E-state index in [2.05, 4.69) is 5.32 Å². The number of amides is 3. The zero-order chi connectivity index (χ0) is 20.1. The molecule has 0 spiro atoms. The SMILES string of the molecule is CCC1(c2ccc(OC)c(C)c2)NC(=O)N(CCCOc2ccccc2)C1=O. The van der Waals surface area contributed by atoms with Crippen LogP contribution in [0.25, 0.3) is 0 Å². The molecule has 0 aromatic heterocycles. The summed E-state index contributed by atoms with van der Waals surface area (Å²) in [4.78, 5) is 27.0. The van der Waals surface area contributed by atoms with Crippen molar-refractivity contribution < 1.29 is 19.1 Å². The maximum atomic E-state index is 13.2. The van der Waals surface area contributed by atoms with E-state index in [1.54, 1.807) is 7.11 Å². The molecule has 6 nitrogen and oxygen atoms in total. The van der Waals surface area contributed by atoms with E-state index in [0.29, 0.717) is 26.0 Å². The number of nitrogens with one attached hydrogen (secondary N) is 1. The highest BCUT2D eigenvalue weighted by molar-refractivity contribution is 6.07. The Bertz CT molecular complexity index is 853. The van der Waals surface area contributed by atoms with E-state index in [9.17, 15) is 9.59 Å². The number of urea groups is 1. The van der Waals surface area contributed by atoms with E-state index in [1.165, 1.54) is 4.90 Å². The van der Waals surface area contributed by atoms with Crippen LogP contribution >= 0.6 is 0 Å². The number of benzene rings is 2. The molecule has 3 amide bonds. The predicted molar refractivity (Wildman–Crippen MR) is 106 cm³/mol. The first-order valence-corrected chi connectivity index (χ1v) is 9.49. The molecule has 1 atom stereocenters. The first kappa shape index (κ1) is 19.7. The monoisotopic (exact) mass is 382 g/mol. The third-order valence-electron chi connectivity index (χ3n) is 5.13. The molecule has 28 heavy (non-hydrogen) atoms. The summed E-state index contributed by atoms with van der Waals surface area (Å²) >= 11 is 0. The van der Waals surface area contributed by atoms with Gasteiger partial charge in [0.2, 0.25) is 0 Å². The lowest BCUT2D eigenvalue weighted by Gasteiger charge is -2.26. The van der Waals surface area contributed by atoms with Gasteiger partial charge >= 0.3 is 6.03 Å². The quantitative estimate of drug-likeness (QED) is 0.559. The molecule has 1 fully saturated rings. The molecule has 0 aliphatic carbocycles. The Labute approximate surface area is 165 Å². The number of aryl methyl sites for hydroxylation is 1. The minimum atomic E-state index is -1.03. The minimum absolute atomic E-state index is 0.218. The highest BCUT2D eigenvalue weighted by Gasteiger charge is 2.51. The first-order valence-electron chi connectivity index (χ1n) is 9.49. The van der Waals surface area contributed by atoms with Crippen LogP contribution in [-0.4, -0.2) is 37.1 Å². The molecule has 3 rings (SSSR count). The summed E-state index contributed by atoms with van der Waals surface area (Å²) in [6, 6.07) is 14.7. The van der Waals surface area contributed by atoms with E-state index < -0.39 is 5.54 Å². The number of carbonyl (C=O) groups excluding carboxylic acids is 2. The summed E-state index contributed by atoms with van der Waals surface area (Å²) in [5, 5.41) is 2.91. The normalized spacial score (nSPS) is 18.9. The first-order chi connectivity index (χ1) is 13.5. The van der Waals surface area contributed by atoms with Gasteiger partial charge in [-0.15, -0.1) is 0 Å². The van der Waals surface area contributed by atoms with Crippen molar-refractivity contribution in [3.05, 3.63) is 59.7 Å². The van der Waals surface area contributed by atoms with Crippen molar-refractivity contribution in [3.63, 3.8) is 0 Å². The molecule has 0 bridgehead atoms. The maximum Gasteiger partial charge on any atom is 0.325 e. The van der Waals surface area contributed by atoms with Gasteiger partial charge in [-0.3, -0.25) is 9.69 Å². The highest BCUT2D eigenvalue weighted by Crippen LogP contribution is 2.34. The minimum Gasteiger partial charge on any atom is -0.496 e. The summed E-state index contributed by atoms with van der Waals surface area (Å²) in [7, 11) is 1.61. The smallest absolute Gasteiger partial charge is 0.325 e. The van der Waals surface area contributed by atoms with E-state index in [0.717, 1.165) is 22.6 Å². The Morgan fingerprint density at radius 2 is 1.86 bits per heavy atom. The molecule has 1 unspecified atom stereocenters. The second-order valence-corrected chi connectivity index (χ2v) is 6.85. The standard InChI is InChI=1S/C22H26N2O4/c1-4-22(17-11-12-19(27-3)16(2)15-17)20(25)24(21(26)23-22)13-8-14-28-18-9-6-5-7-10-18/h5-7,9-12,15H,4,8,13-14H2,1-3H3,(H,23,26). The number of methoxy groups -OCH3 is 1. The molecule has 148 valence electrons. The number of rotatable bonds is 8. The van der Waals surface area contributed by atoms with Crippen molar-refractivity contribution in [2.75, 3.05) is 20.3 Å². The average molecular weight is 382 g/mol. The number of hydrogen-bond donors (Lipinski definition) is 1. The predicted octanol–water partition coefficient (Wildman–Crippen LogP) is 3.63. The lowest BCUT2D eigenvalue weighted by atomic mass is 9.86. The van der Waals surface area contributed by atoms with Gasteiger partial charge < -0.3 is 14.8 Å². The van der Waals surface area contributed by atoms with Crippen LogP contribution in [0.4, 0.5) is 4.79 Å². The fraction of sp³-hybridized carbons (Fsp3) is 0.364. The number of para-hydroxylation sites is 1. The van der Waals surface area contributed by atoms with Crippen LogP contribution in [0, 0.1) is 6.92 Å².